The zero-order chi connectivity index (χ0) is 13.1. The van der Waals surface area contributed by atoms with Crippen molar-refractivity contribution in [3.05, 3.63) is 34.3 Å². The summed E-state index contributed by atoms with van der Waals surface area (Å²) in [5, 5.41) is 0.821. The van der Waals surface area contributed by atoms with Gasteiger partial charge in [0.25, 0.3) is 0 Å². The van der Waals surface area contributed by atoms with Gasteiger partial charge >= 0.3 is 0 Å². The van der Waals surface area contributed by atoms with Crippen molar-refractivity contribution in [3.63, 3.8) is 0 Å². The molecule has 4 heteroatoms. The van der Waals surface area contributed by atoms with E-state index in [1.807, 2.05) is 13.0 Å². The van der Waals surface area contributed by atoms with Crippen LogP contribution in [-0.2, 0) is 11.2 Å². The maximum Gasteiger partial charge on any atom is 0.0551 e. The van der Waals surface area contributed by atoms with Gasteiger partial charge in [0.2, 0.25) is 0 Å². The molecule has 1 fully saturated rings. The average molecular weight is 269 g/mol. The summed E-state index contributed by atoms with van der Waals surface area (Å²) in [6, 6.07) is 6.39. The van der Waals surface area contributed by atoms with Crippen LogP contribution in [0.1, 0.15) is 24.5 Å². The van der Waals surface area contributed by atoms with Gasteiger partial charge in [0.05, 0.1) is 12.7 Å². The quantitative estimate of drug-likeness (QED) is 0.651. The Labute approximate surface area is 114 Å². The minimum atomic E-state index is 0.218. The topological polar surface area (TPSA) is 47.3 Å². The Morgan fingerprint density at radius 1 is 1.56 bits per heavy atom. The maximum absolute atomic E-state index is 6.27. The molecule has 3 atom stereocenters. The molecular formula is C14H21ClN2O. The van der Waals surface area contributed by atoms with Gasteiger partial charge in [0.1, 0.15) is 0 Å². The van der Waals surface area contributed by atoms with Gasteiger partial charge in [-0.2, -0.15) is 0 Å². The molecule has 3 nitrogen and oxygen atoms in total. The van der Waals surface area contributed by atoms with Gasteiger partial charge in [-0.3, -0.25) is 11.3 Å². The first-order valence-electron chi connectivity index (χ1n) is 6.43. The van der Waals surface area contributed by atoms with Crippen LogP contribution in [0.15, 0.2) is 18.2 Å². The van der Waals surface area contributed by atoms with Crippen LogP contribution in [0.5, 0.6) is 0 Å². The molecule has 0 aliphatic carbocycles. The summed E-state index contributed by atoms with van der Waals surface area (Å²) in [5.41, 5.74) is 5.24. The lowest BCUT2D eigenvalue weighted by atomic mass is 9.92. The Bertz CT molecular complexity index is 411. The number of nitrogens with two attached hydrogens (primary N) is 1. The predicted molar refractivity (Wildman–Crippen MR) is 74.5 cm³/mol. The molecule has 1 aliphatic rings. The first-order chi connectivity index (χ1) is 8.60. The van der Waals surface area contributed by atoms with E-state index in [1.54, 1.807) is 0 Å². The summed E-state index contributed by atoms with van der Waals surface area (Å²) >= 11 is 6.27. The molecule has 0 saturated carbocycles. The fourth-order valence-corrected chi connectivity index (χ4v) is 2.86. The van der Waals surface area contributed by atoms with E-state index in [4.69, 9.17) is 22.2 Å². The molecule has 0 amide bonds. The molecule has 3 unspecified atom stereocenters. The van der Waals surface area contributed by atoms with Gasteiger partial charge in [-0.05, 0) is 43.9 Å². The summed E-state index contributed by atoms with van der Waals surface area (Å²) < 4.78 is 5.61. The Morgan fingerprint density at radius 2 is 2.33 bits per heavy atom. The number of ether oxygens (including phenoxy) is 1. The summed E-state index contributed by atoms with van der Waals surface area (Å²) in [7, 11) is 0. The van der Waals surface area contributed by atoms with Gasteiger partial charge in [0.15, 0.2) is 0 Å². The number of halogens is 1. The molecule has 1 heterocycles. The van der Waals surface area contributed by atoms with Crippen LogP contribution in [-0.4, -0.2) is 18.8 Å². The molecule has 1 aromatic carbocycles. The average Bonchev–Trinajstić information content (AvgIpc) is 2.75. The van der Waals surface area contributed by atoms with Crippen LogP contribution in [0.25, 0.3) is 0 Å². The van der Waals surface area contributed by atoms with Crippen molar-refractivity contribution < 1.29 is 4.74 Å². The molecule has 0 spiro atoms. The third kappa shape index (κ3) is 3.23. The molecule has 3 N–H and O–H groups in total. The number of hydrogen-bond acceptors (Lipinski definition) is 3. The standard InChI is InChI=1S/C14H21ClN2O/c1-9-3-4-11(13(15)5-9)7-14(17-16)12-6-10(2)18-8-12/h3-5,10,12,14,17H,6-8,16H2,1-2H3. The molecule has 0 radical (unpaired) electrons. The molecule has 1 aliphatic heterocycles. The predicted octanol–water partition coefficient (Wildman–Crippen LogP) is 2.45. The van der Waals surface area contributed by atoms with Crippen LogP contribution in [0, 0.1) is 12.8 Å². The van der Waals surface area contributed by atoms with Crippen molar-refractivity contribution in [1.82, 2.24) is 5.43 Å². The van der Waals surface area contributed by atoms with E-state index in [2.05, 4.69) is 24.5 Å². The zero-order valence-electron chi connectivity index (χ0n) is 10.9. The molecule has 0 bridgehead atoms. The number of hydrogen-bond donors (Lipinski definition) is 2. The third-order valence-corrected chi connectivity index (χ3v) is 4.01. The number of nitrogens with one attached hydrogen (secondary N) is 1. The summed E-state index contributed by atoms with van der Waals surface area (Å²) in [6.45, 7) is 4.92. The lowest BCUT2D eigenvalue weighted by molar-refractivity contribution is 0.117. The van der Waals surface area contributed by atoms with Gasteiger partial charge in [0, 0.05) is 17.0 Å². The van der Waals surface area contributed by atoms with E-state index in [0.717, 1.165) is 30.0 Å². The van der Waals surface area contributed by atoms with E-state index >= 15 is 0 Å². The Balaban J connectivity index is 2.05. The largest absolute Gasteiger partial charge is 0.378 e. The van der Waals surface area contributed by atoms with Crippen LogP contribution in [0.4, 0.5) is 0 Å². The minimum absolute atomic E-state index is 0.218. The number of rotatable bonds is 4. The van der Waals surface area contributed by atoms with Crippen molar-refractivity contribution in [3.8, 4) is 0 Å². The second kappa shape index (κ2) is 6.02. The highest BCUT2D eigenvalue weighted by atomic mass is 35.5. The Hall–Kier alpha value is -0.610. The summed E-state index contributed by atoms with van der Waals surface area (Å²) in [5.74, 6) is 6.14. The zero-order valence-corrected chi connectivity index (χ0v) is 11.7. The molecule has 2 rings (SSSR count). The molecule has 18 heavy (non-hydrogen) atoms. The number of aryl methyl sites for hydroxylation is 1. The minimum Gasteiger partial charge on any atom is -0.378 e. The van der Waals surface area contributed by atoms with E-state index in [0.29, 0.717) is 12.0 Å². The second-order valence-corrected chi connectivity index (χ2v) is 5.62. The van der Waals surface area contributed by atoms with Gasteiger partial charge in [-0.15, -0.1) is 0 Å². The smallest absolute Gasteiger partial charge is 0.0551 e. The Morgan fingerprint density at radius 3 is 2.89 bits per heavy atom. The molecule has 0 aromatic heterocycles. The number of hydrazine groups is 1. The second-order valence-electron chi connectivity index (χ2n) is 5.21. The number of benzene rings is 1. The monoisotopic (exact) mass is 268 g/mol. The van der Waals surface area contributed by atoms with Crippen molar-refractivity contribution >= 4 is 11.6 Å². The fourth-order valence-electron chi connectivity index (χ4n) is 2.55. The van der Waals surface area contributed by atoms with Gasteiger partial charge < -0.3 is 4.74 Å². The van der Waals surface area contributed by atoms with Crippen LogP contribution in [0.2, 0.25) is 5.02 Å². The normalized spacial score (nSPS) is 25.3. The highest BCUT2D eigenvalue weighted by Crippen LogP contribution is 2.26. The molecule has 1 saturated heterocycles. The first-order valence-corrected chi connectivity index (χ1v) is 6.80. The van der Waals surface area contributed by atoms with Gasteiger partial charge in [-0.1, -0.05) is 23.7 Å². The summed E-state index contributed by atoms with van der Waals surface area (Å²) in [6.07, 6.45) is 2.23. The highest BCUT2D eigenvalue weighted by molar-refractivity contribution is 6.31. The maximum atomic E-state index is 6.27. The fraction of sp³-hybridized carbons (Fsp3) is 0.571. The first kappa shape index (κ1) is 13.8. The third-order valence-electron chi connectivity index (χ3n) is 3.66. The lowest BCUT2D eigenvalue weighted by Gasteiger charge is -2.22. The molecule has 1 aromatic rings. The van der Waals surface area contributed by atoms with E-state index < -0.39 is 0 Å². The van der Waals surface area contributed by atoms with Crippen LogP contribution >= 0.6 is 11.6 Å². The SMILES string of the molecule is Cc1ccc(CC(NN)C2COC(C)C2)c(Cl)c1. The van der Waals surface area contributed by atoms with Crippen molar-refractivity contribution in [2.75, 3.05) is 6.61 Å². The van der Waals surface area contributed by atoms with E-state index in [1.165, 1.54) is 5.56 Å². The lowest BCUT2D eigenvalue weighted by Crippen LogP contribution is -2.42. The summed E-state index contributed by atoms with van der Waals surface area (Å²) in [4.78, 5) is 0. The van der Waals surface area contributed by atoms with Crippen molar-refractivity contribution in [2.24, 2.45) is 11.8 Å². The van der Waals surface area contributed by atoms with Crippen LogP contribution in [0.3, 0.4) is 0 Å². The van der Waals surface area contributed by atoms with Gasteiger partial charge in [-0.25, -0.2) is 0 Å². The van der Waals surface area contributed by atoms with Crippen molar-refractivity contribution in [1.29, 1.82) is 0 Å². The van der Waals surface area contributed by atoms with Crippen LogP contribution < -0.4 is 11.3 Å². The van der Waals surface area contributed by atoms with Crippen molar-refractivity contribution in [2.45, 2.75) is 38.8 Å². The molecule has 100 valence electrons. The molecular weight excluding hydrogens is 248 g/mol. The van der Waals surface area contributed by atoms with E-state index in [9.17, 15) is 0 Å². The van der Waals surface area contributed by atoms with E-state index in [-0.39, 0.29) is 6.04 Å². The highest BCUT2D eigenvalue weighted by Gasteiger charge is 2.29. The Kier molecular flexibility index (Phi) is 4.62.